The molecule has 102 valence electrons. The van der Waals surface area contributed by atoms with Gasteiger partial charge in [-0.3, -0.25) is 0 Å². The van der Waals surface area contributed by atoms with Gasteiger partial charge in [-0.25, -0.2) is 0 Å². The standard InChI is InChI=1S/C16H27NO/c1-3-8-15(2)17-12-14-18-13-7-11-16-9-5-4-6-10-16/h4-6,9-10,15,17H,3,7-8,11-14H2,1-2H3. The molecule has 0 aliphatic rings. The van der Waals surface area contributed by atoms with Crippen LogP contribution >= 0.6 is 0 Å². The third-order valence-electron chi connectivity index (χ3n) is 3.06. The predicted molar refractivity (Wildman–Crippen MR) is 78.0 cm³/mol. The number of rotatable bonds is 10. The minimum Gasteiger partial charge on any atom is -0.380 e. The highest BCUT2D eigenvalue weighted by atomic mass is 16.5. The third-order valence-corrected chi connectivity index (χ3v) is 3.06. The lowest BCUT2D eigenvalue weighted by molar-refractivity contribution is 0.131. The van der Waals surface area contributed by atoms with Crippen LogP contribution in [0.1, 0.15) is 38.7 Å². The van der Waals surface area contributed by atoms with Crippen LogP contribution in [0.4, 0.5) is 0 Å². The summed E-state index contributed by atoms with van der Waals surface area (Å²) in [5.41, 5.74) is 1.40. The lowest BCUT2D eigenvalue weighted by Crippen LogP contribution is -2.29. The van der Waals surface area contributed by atoms with Gasteiger partial charge in [-0.2, -0.15) is 0 Å². The number of hydrogen-bond acceptors (Lipinski definition) is 2. The SMILES string of the molecule is CCCC(C)NCCOCCCc1ccccc1. The Balaban J connectivity index is 1.90. The van der Waals surface area contributed by atoms with Gasteiger partial charge in [0.2, 0.25) is 0 Å². The van der Waals surface area contributed by atoms with Crippen molar-refractivity contribution in [3.8, 4) is 0 Å². The number of nitrogens with one attached hydrogen (secondary N) is 1. The molecule has 0 aromatic heterocycles. The van der Waals surface area contributed by atoms with Crippen molar-refractivity contribution < 1.29 is 4.74 Å². The maximum absolute atomic E-state index is 5.62. The summed E-state index contributed by atoms with van der Waals surface area (Å²) in [5.74, 6) is 0. The molecule has 18 heavy (non-hydrogen) atoms. The Kier molecular flexibility index (Phi) is 8.53. The van der Waals surface area contributed by atoms with Gasteiger partial charge in [-0.15, -0.1) is 0 Å². The summed E-state index contributed by atoms with van der Waals surface area (Å²) >= 11 is 0. The minimum absolute atomic E-state index is 0.614. The van der Waals surface area contributed by atoms with Gasteiger partial charge in [-0.1, -0.05) is 43.7 Å². The van der Waals surface area contributed by atoms with E-state index in [9.17, 15) is 0 Å². The van der Waals surface area contributed by atoms with Crippen LogP contribution in [-0.2, 0) is 11.2 Å². The zero-order valence-electron chi connectivity index (χ0n) is 11.8. The van der Waals surface area contributed by atoms with Crippen LogP contribution in [0, 0.1) is 0 Å². The lowest BCUT2D eigenvalue weighted by Gasteiger charge is -2.12. The monoisotopic (exact) mass is 249 g/mol. The lowest BCUT2D eigenvalue weighted by atomic mass is 10.1. The molecule has 0 aliphatic carbocycles. The first-order chi connectivity index (χ1) is 8.83. The fourth-order valence-corrected chi connectivity index (χ4v) is 2.04. The third kappa shape index (κ3) is 7.46. The van der Waals surface area contributed by atoms with Crippen molar-refractivity contribution in [2.45, 2.75) is 45.6 Å². The van der Waals surface area contributed by atoms with E-state index in [-0.39, 0.29) is 0 Å². The first-order valence-electron chi connectivity index (χ1n) is 7.18. The molecule has 1 aromatic carbocycles. The van der Waals surface area contributed by atoms with Crippen molar-refractivity contribution in [3.63, 3.8) is 0 Å². The summed E-state index contributed by atoms with van der Waals surface area (Å²) in [4.78, 5) is 0. The molecule has 0 amide bonds. The van der Waals surface area contributed by atoms with Crippen molar-refractivity contribution in [3.05, 3.63) is 35.9 Å². The Morgan fingerprint density at radius 2 is 1.94 bits per heavy atom. The molecule has 0 heterocycles. The second-order valence-corrected chi connectivity index (χ2v) is 4.85. The largest absolute Gasteiger partial charge is 0.380 e. The zero-order valence-corrected chi connectivity index (χ0v) is 11.8. The zero-order chi connectivity index (χ0) is 13.1. The van der Waals surface area contributed by atoms with Gasteiger partial charge < -0.3 is 10.1 Å². The van der Waals surface area contributed by atoms with Crippen LogP contribution in [0.3, 0.4) is 0 Å². The minimum atomic E-state index is 0.614. The molecule has 1 atom stereocenters. The van der Waals surface area contributed by atoms with E-state index in [0.717, 1.165) is 32.6 Å². The highest BCUT2D eigenvalue weighted by Crippen LogP contribution is 2.02. The van der Waals surface area contributed by atoms with Crippen LogP contribution in [0.2, 0.25) is 0 Å². The highest BCUT2D eigenvalue weighted by Gasteiger charge is 1.98. The molecule has 1 N–H and O–H groups in total. The Bertz CT molecular complexity index is 286. The number of ether oxygens (including phenoxy) is 1. The van der Waals surface area contributed by atoms with E-state index in [1.165, 1.54) is 18.4 Å². The summed E-state index contributed by atoms with van der Waals surface area (Å²) in [6.07, 6.45) is 4.70. The maximum Gasteiger partial charge on any atom is 0.0591 e. The molecule has 2 heteroatoms. The van der Waals surface area contributed by atoms with E-state index in [2.05, 4.69) is 49.5 Å². The number of benzene rings is 1. The van der Waals surface area contributed by atoms with Crippen LogP contribution in [-0.4, -0.2) is 25.8 Å². The van der Waals surface area contributed by atoms with E-state index < -0.39 is 0 Å². The van der Waals surface area contributed by atoms with Crippen LogP contribution in [0.25, 0.3) is 0 Å². The molecule has 1 unspecified atom stereocenters. The highest BCUT2D eigenvalue weighted by molar-refractivity contribution is 5.14. The second kappa shape index (κ2) is 10.1. The molecule has 0 aliphatic heterocycles. The van der Waals surface area contributed by atoms with Crippen molar-refractivity contribution >= 4 is 0 Å². The molecule has 1 rings (SSSR count). The van der Waals surface area contributed by atoms with Gasteiger partial charge in [0.15, 0.2) is 0 Å². The normalized spacial score (nSPS) is 12.6. The summed E-state index contributed by atoms with van der Waals surface area (Å²) in [6, 6.07) is 11.2. The first kappa shape index (κ1) is 15.2. The Morgan fingerprint density at radius 1 is 1.17 bits per heavy atom. The van der Waals surface area contributed by atoms with Gasteiger partial charge in [0.25, 0.3) is 0 Å². The van der Waals surface area contributed by atoms with Crippen molar-refractivity contribution in [1.29, 1.82) is 0 Å². The molecule has 0 saturated carbocycles. The molecule has 0 spiro atoms. The molecule has 0 radical (unpaired) electrons. The van der Waals surface area contributed by atoms with Gasteiger partial charge in [0.05, 0.1) is 6.61 Å². The average molecular weight is 249 g/mol. The van der Waals surface area contributed by atoms with E-state index in [0.29, 0.717) is 6.04 Å². The van der Waals surface area contributed by atoms with E-state index >= 15 is 0 Å². The molecular formula is C16H27NO. The summed E-state index contributed by atoms with van der Waals surface area (Å²) in [5, 5.41) is 3.47. The fraction of sp³-hybridized carbons (Fsp3) is 0.625. The van der Waals surface area contributed by atoms with Crippen molar-refractivity contribution in [1.82, 2.24) is 5.32 Å². The topological polar surface area (TPSA) is 21.3 Å². The molecule has 2 nitrogen and oxygen atoms in total. The summed E-state index contributed by atoms with van der Waals surface area (Å²) in [6.45, 7) is 7.10. The summed E-state index contributed by atoms with van der Waals surface area (Å²) in [7, 11) is 0. The van der Waals surface area contributed by atoms with E-state index in [4.69, 9.17) is 4.74 Å². The van der Waals surface area contributed by atoms with Gasteiger partial charge in [0.1, 0.15) is 0 Å². The Morgan fingerprint density at radius 3 is 2.67 bits per heavy atom. The fourth-order valence-electron chi connectivity index (χ4n) is 2.04. The smallest absolute Gasteiger partial charge is 0.0591 e. The molecule has 1 aromatic rings. The number of aryl methyl sites for hydroxylation is 1. The van der Waals surface area contributed by atoms with E-state index in [1.807, 2.05) is 0 Å². The Hall–Kier alpha value is -0.860. The van der Waals surface area contributed by atoms with Crippen LogP contribution in [0.5, 0.6) is 0 Å². The molecular weight excluding hydrogens is 222 g/mol. The average Bonchev–Trinajstić information content (AvgIpc) is 2.39. The first-order valence-corrected chi connectivity index (χ1v) is 7.18. The quantitative estimate of drug-likeness (QED) is 0.642. The molecule has 0 fully saturated rings. The Labute approximate surface area is 112 Å². The van der Waals surface area contributed by atoms with E-state index in [1.54, 1.807) is 0 Å². The van der Waals surface area contributed by atoms with Gasteiger partial charge >= 0.3 is 0 Å². The van der Waals surface area contributed by atoms with Gasteiger partial charge in [0, 0.05) is 19.2 Å². The molecule has 0 bridgehead atoms. The molecule has 0 saturated heterocycles. The number of hydrogen-bond donors (Lipinski definition) is 1. The van der Waals surface area contributed by atoms with Crippen LogP contribution in [0.15, 0.2) is 30.3 Å². The predicted octanol–water partition coefficient (Wildman–Crippen LogP) is 3.41. The maximum atomic E-state index is 5.62. The van der Waals surface area contributed by atoms with Crippen LogP contribution < -0.4 is 5.32 Å². The van der Waals surface area contributed by atoms with Crippen molar-refractivity contribution in [2.75, 3.05) is 19.8 Å². The second-order valence-electron chi connectivity index (χ2n) is 4.85. The summed E-state index contributed by atoms with van der Waals surface area (Å²) < 4.78 is 5.62. The van der Waals surface area contributed by atoms with Crippen molar-refractivity contribution in [2.24, 2.45) is 0 Å². The van der Waals surface area contributed by atoms with Gasteiger partial charge in [-0.05, 0) is 31.7 Å².